The van der Waals surface area contributed by atoms with Crippen molar-refractivity contribution in [2.24, 2.45) is 17.8 Å². The van der Waals surface area contributed by atoms with Crippen molar-refractivity contribution in [3.05, 3.63) is 52.6 Å². The first-order chi connectivity index (χ1) is 12.2. The molecule has 4 nitrogen and oxygen atoms in total. The molecule has 0 aromatic carbocycles. The lowest BCUT2D eigenvalue weighted by molar-refractivity contribution is -0.670. The van der Waals surface area contributed by atoms with E-state index >= 15 is 0 Å². The molecular weight excluding hydrogens is 328 g/mol. The molecule has 1 saturated carbocycles. The van der Waals surface area contributed by atoms with Crippen LogP contribution in [0, 0.1) is 0 Å². The van der Waals surface area contributed by atoms with Crippen LogP contribution in [0.4, 0.5) is 0 Å². The Hall–Kier alpha value is -2.14. The lowest BCUT2D eigenvalue weighted by Crippen LogP contribution is -2.26. The van der Waals surface area contributed by atoms with Gasteiger partial charge in [-0.25, -0.2) is 4.57 Å². The van der Waals surface area contributed by atoms with Crippen LogP contribution in [0.1, 0.15) is 42.5 Å². The van der Waals surface area contributed by atoms with E-state index in [1.807, 2.05) is 0 Å². The summed E-state index contributed by atoms with van der Waals surface area (Å²) in [5, 5.41) is 3.41. The maximum Gasteiger partial charge on any atom is 0.193 e. The summed E-state index contributed by atoms with van der Waals surface area (Å²) in [6.07, 6.45) is 12.7. The molecule has 2 N–H and O–H groups in total. The molecule has 0 amide bonds. The normalized spacial score (nSPS) is 16.6. The number of amidine groups is 1. The SMILES string of the molecule is C[n+]1ccc2ccn(Cc3cc(C(N)=NC4CCCCC4)cs3)c2c1. The molecular formula is C20H25N4S+. The summed E-state index contributed by atoms with van der Waals surface area (Å²) in [6, 6.07) is 6.94. The average molecular weight is 354 g/mol. The van der Waals surface area contributed by atoms with Crippen molar-refractivity contribution in [1.29, 1.82) is 0 Å². The lowest BCUT2D eigenvalue weighted by Gasteiger charge is -2.18. The molecule has 0 bridgehead atoms. The summed E-state index contributed by atoms with van der Waals surface area (Å²) in [5.74, 6) is 0.707. The van der Waals surface area contributed by atoms with Gasteiger partial charge in [0, 0.05) is 33.5 Å². The maximum absolute atomic E-state index is 6.27. The van der Waals surface area contributed by atoms with Gasteiger partial charge in [0.15, 0.2) is 12.4 Å². The van der Waals surface area contributed by atoms with E-state index < -0.39 is 0 Å². The first-order valence-corrected chi connectivity index (χ1v) is 9.92. The Balaban J connectivity index is 1.52. The van der Waals surface area contributed by atoms with Crippen molar-refractivity contribution in [3.8, 4) is 0 Å². The molecule has 3 heterocycles. The van der Waals surface area contributed by atoms with Crippen LogP contribution < -0.4 is 10.3 Å². The van der Waals surface area contributed by atoms with Gasteiger partial charge in [0.1, 0.15) is 18.4 Å². The Labute approximate surface area is 152 Å². The number of aromatic nitrogens is 2. The van der Waals surface area contributed by atoms with Gasteiger partial charge >= 0.3 is 0 Å². The Bertz CT molecular complexity index is 899. The monoisotopic (exact) mass is 353 g/mol. The average Bonchev–Trinajstić information content (AvgIpc) is 3.24. The first kappa shape index (κ1) is 16.3. The van der Waals surface area contributed by atoms with E-state index in [1.54, 1.807) is 11.3 Å². The Kier molecular flexibility index (Phi) is 4.57. The van der Waals surface area contributed by atoms with Crippen molar-refractivity contribution >= 4 is 28.1 Å². The molecule has 0 atom stereocenters. The molecule has 3 aromatic rings. The molecule has 0 spiro atoms. The van der Waals surface area contributed by atoms with Crippen molar-refractivity contribution < 1.29 is 4.57 Å². The standard InChI is InChI=1S/C20H25N4S/c1-23-9-7-15-8-10-24(19(15)13-23)12-18-11-16(14-25-18)20(21)22-17-5-3-2-4-6-17/h7-11,13-14,17H,2-6,12H2,1H3,(H2,21,22)/q+1. The van der Waals surface area contributed by atoms with Crippen LogP contribution in [0.5, 0.6) is 0 Å². The van der Waals surface area contributed by atoms with E-state index in [-0.39, 0.29) is 0 Å². The number of nitrogens with two attached hydrogens (primary N) is 1. The van der Waals surface area contributed by atoms with E-state index in [0.717, 1.165) is 12.1 Å². The molecule has 1 fully saturated rings. The minimum atomic E-state index is 0.422. The topological polar surface area (TPSA) is 47.2 Å². The second-order valence-electron chi connectivity index (χ2n) is 7.00. The summed E-state index contributed by atoms with van der Waals surface area (Å²) >= 11 is 1.76. The zero-order chi connectivity index (χ0) is 17.2. The summed E-state index contributed by atoms with van der Waals surface area (Å²) in [6.45, 7) is 0.870. The fourth-order valence-corrected chi connectivity index (χ4v) is 4.49. The molecule has 4 rings (SSSR count). The maximum atomic E-state index is 6.27. The van der Waals surface area contributed by atoms with Crippen molar-refractivity contribution in [1.82, 2.24) is 4.57 Å². The number of fused-ring (bicyclic) bond motifs is 1. The number of hydrogen-bond donors (Lipinski definition) is 1. The fraction of sp³-hybridized carbons (Fsp3) is 0.400. The summed E-state index contributed by atoms with van der Waals surface area (Å²) in [7, 11) is 2.06. The Morgan fingerprint density at radius 3 is 3.00 bits per heavy atom. The Morgan fingerprint density at radius 1 is 1.32 bits per heavy atom. The predicted molar refractivity (Wildman–Crippen MR) is 104 cm³/mol. The second-order valence-corrected chi connectivity index (χ2v) is 8.00. The number of nitrogens with zero attached hydrogens (tertiary/aromatic N) is 3. The first-order valence-electron chi connectivity index (χ1n) is 9.04. The highest BCUT2D eigenvalue weighted by molar-refractivity contribution is 7.10. The molecule has 1 aliphatic rings. The minimum Gasteiger partial charge on any atom is -0.383 e. The molecule has 0 unspecified atom stereocenters. The zero-order valence-corrected chi connectivity index (χ0v) is 15.5. The highest BCUT2D eigenvalue weighted by atomic mass is 32.1. The van der Waals surface area contributed by atoms with Crippen LogP contribution in [0.25, 0.3) is 10.9 Å². The van der Waals surface area contributed by atoms with E-state index in [0.29, 0.717) is 11.9 Å². The molecule has 0 radical (unpaired) electrons. The van der Waals surface area contributed by atoms with Crippen LogP contribution in [0.2, 0.25) is 0 Å². The van der Waals surface area contributed by atoms with Crippen LogP contribution in [-0.2, 0) is 13.6 Å². The molecule has 130 valence electrons. The van der Waals surface area contributed by atoms with Crippen LogP contribution in [0.15, 0.2) is 47.2 Å². The largest absolute Gasteiger partial charge is 0.383 e. The van der Waals surface area contributed by atoms with Crippen LogP contribution in [0.3, 0.4) is 0 Å². The van der Waals surface area contributed by atoms with Gasteiger partial charge in [-0.2, -0.15) is 0 Å². The second kappa shape index (κ2) is 7.00. The molecule has 0 aliphatic heterocycles. The molecule has 5 heteroatoms. The third kappa shape index (κ3) is 3.61. The quantitative estimate of drug-likeness (QED) is 0.435. The number of aliphatic imine (C=N–C) groups is 1. The van der Waals surface area contributed by atoms with Crippen LogP contribution >= 0.6 is 11.3 Å². The van der Waals surface area contributed by atoms with Gasteiger partial charge in [-0.05, 0) is 25.0 Å². The highest BCUT2D eigenvalue weighted by Crippen LogP contribution is 2.23. The van der Waals surface area contributed by atoms with Gasteiger partial charge in [0.2, 0.25) is 0 Å². The number of pyridine rings is 1. The molecule has 1 aliphatic carbocycles. The minimum absolute atomic E-state index is 0.422. The highest BCUT2D eigenvalue weighted by Gasteiger charge is 2.14. The van der Waals surface area contributed by atoms with Crippen LogP contribution in [-0.4, -0.2) is 16.4 Å². The third-order valence-corrected chi connectivity index (χ3v) is 5.95. The zero-order valence-electron chi connectivity index (χ0n) is 14.7. The van der Waals surface area contributed by atoms with Gasteiger partial charge in [0.05, 0.1) is 12.6 Å². The number of thiophene rings is 1. The molecule has 3 aromatic heterocycles. The molecule has 0 saturated heterocycles. The van der Waals surface area contributed by atoms with Crippen molar-refractivity contribution in [2.75, 3.05) is 0 Å². The van der Waals surface area contributed by atoms with Gasteiger partial charge in [-0.15, -0.1) is 11.3 Å². The van der Waals surface area contributed by atoms with Gasteiger partial charge in [0.25, 0.3) is 0 Å². The van der Waals surface area contributed by atoms with Gasteiger partial charge < -0.3 is 10.3 Å². The summed E-state index contributed by atoms with van der Waals surface area (Å²) in [5.41, 5.74) is 8.60. The number of hydrogen-bond acceptors (Lipinski definition) is 2. The smallest absolute Gasteiger partial charge is 0.193 e. The fourth-order valence-electron chi connectivity index (χ4n) is 3.61. The van der Waals surface area contributed by atoms with E-state index in [9.17, 15) is 0 Å². The number of rotatable bonds is 4. The van der Waals surface area contributed by atoms with E-state index in [2.05, 4.69) is 58.4 Å². The lowest BCUT2D eigenvalue weighted by atomic mass is 9.96. The van der Waals surface area contributed by atoms with E-state index in [4.69, 9.17) is 10.7 Å². The summed E-state index contributed by atoms with van der Waals surface area (Å²) in [4.78, 5) is 6.08. The number of aryl methyl sites for hydroxylation is 1. The molecule has 25 heavy (non-hydrogen) atoms. The van der Waals surface area contributed by atoms with Crippen molar-refractivity contribution in [3.63, 3.8) is 0 Å². The van der Waals surface area contributed by atoms with Crippen molar-refractivity contribution in [2.45, 2.75) is 44.7 Å². The predicted octanol–water partition coefficient (Wildman–Crippen LogP) is 3.61. The van der Waals surface area contributed by atoms with E-state index in [1.165, 1.54) is 47.9 Å². The summed E-state index contributed by atoms with van der Waals surface area (Å²) < 4.78 is 4.38. The van der Waals surface area contributed by atoms with Gasteiger partial charge in [-0.1, -0.05) is 19.3 Å². The third-order valence-electron chi connectivity index (χ3n) is 5.03. The Morgan fingerprint density at radius 2 is 2.16 bits per heavy atom. The van der Waals surface area contributed by atoms with Gasteiger partial charge in [-0.3, -0.25) is 4.99 Å².